The molecule has 2 N–H and O–H groups in total. The molecule has 0 saturated carbocycles. The Kier molecular flexibility index (Phi) is 4.63. The molecule has 3 rings (SSSR count). The van der Waals surface area contributed by atoms with Crippen LogP contribution in [0.4, 0.5) is 0 Å². The van der Waals surface area contributed by atoms with Gasteiger partial charge in [0, 0.05) is 30.7 Å². The molecule has 0 aromatic carbocycles. The molecule has 2 aromatic heterocycles. The number of rotatable bonds is 5. The van der Waals surface area contributed by atoms with Crippen LogP contribution in [0.15, 0.2) is 36.5 Å². The zero-order valence-corrected chi connectivity index (χ0v) is 14.6. The van der Waals surface area contributed by atoms with Crippen LogP contribution < -0.4 is 5.32 Å². The number of hydrogen-bond acceptors (Lipinski definition) is 3. The predicted octanol–water partition coefficient (Wildman–Crippen LogP) is 2.25. The van der Waals surface area contributed by atoms with Crippen molar-refractivity contribution in [3.05, 3.63) is 53.6 Å². The molecule has 1 aliphatic rings. The number of aryl methyl sites for hydroxylation is 1. The van der Waals surface area contributed by atoms with E-state index in [1.165, 1.54) is 5.69 Å². The Labute approximate surface area is 142 Å². The van der Waals surface area contributed by atoms with Gasteiger partial charge in [0.05, 0.1) is 17.8 Å². The Morgan fingerprint density at radius 1 is 1.26 bits per heavy atom. The van der Waals surface area contributed by atoms with Crippen molar-refractivity contribution in [3.8, 4) is 0 Å². The fourth-order valence-corrected chi connectivity index (χ4v) is 3.32. The molecule has 0 radical (unpaired) electrons. The third kappa shape index (κ3) is 3.38. The molecule has 2 atom stereocenters. The Morgan fingerprint density at radius 2 is 2.09 bits per heavy atom. The van der Waals surface area contributed by atoms with E-state index in [0.29, 0.717) is 0 Å². The number of aromatic nitrogens is 2. The van der Waals surface area contributed by atoms with Crippen molar-refractivity contribution in [2.75, 3.05) is 27.2 Å². The summed E-state index contributed by atoms with van der Waals surface area (Å²) in [6, 6.07) is 10.5. The number of hydrogen-bond donors (Lipinski definition) is 2. The monoisotopic (exact) mass is 329 g/mol. The van der Waals surface area contributed by atoms with E-state index in [1.807, 2.05) is 18.3 Å². The van der Waals surface area contributed by atoms with E-state index in [0.717, 1.165) is 29.6 Å². The lowest BCUT2D eigenvalue weighted by Gasteiger charge is -2.28. The van der Waals surface area contributed by atoms with E-state index in [4.69, 9.17) is 12.2 Å². The fraction of sp³-hybridized carbons (Fsp3) is 0.412. The number of aromatic amines is 1. The van der Waals surface area contributed by atoms with Gasteiger partial charge in [0.25, 0.3) is 0 Å². The summed E-state index contributed by atoms with van der Waals surface area (Å²) in [5.74, 6) is 0. The quantitative estimate of drug-likeness (QED) is 0.824. The van der Waals surface area contributed by atoms with E-state index in [-0.39, 0.29) is 12.1 Å². The zero-order valence-electron chi connectivity index (χ0n) is 13.8. The zero-order chi connectivity index (χ0) is 16.4. The second-order valence-corrected chi connectivity index (χ2v) is 6.61. The number of nitrogens with one attached hydrogen (secondary N) is 2. The minimum absolute atomic E-state index is 0.0592. The minimum Gasteiger partial charge on any atom is -0.361 e. The minimum atomic E-state index is 0.0592. The molecule has 1 fully saturated rings. The van der Waals surface area contributed by atoms with Gasteiger partial charge in [-0.2, -0.15) is 0 Å². The molecule has 0 bridgehead atoms. The summed E-state index contributed by atoms with van der Waals surface area (Å²) in [5.41, 5.74) is 3.34. The average Bonchev–Trinajstić information content (AvgIpc) is 3.09. The van der Waals surface area contributed by atoms with Gasteiger partial charge in [0.1, 0.15) is 0 Å². The fourth-order valence-electron chi connectivity index (χ4n) is 2.99. The van der Waals surface area contributed by atoms with Crippen LogP contribution in [0, 0.1) is 6.92 Å². The van der Waals surface area contributed by atoms with Crippen molar-refractivity contribution in [3.63, 3.8) is 0 Å². The van der Waals surface area contributed by atoms with Gasteiger partial charge in [-0.3, -0.25) is 4.98 Å². The maximum absolute atomic E-state index is 5.61. The SMILES string of the molecule is Cc1ccc([C@H]2[C@@H](c3ccccn3)NC(=S)N2CCN(C)C)[nH]1. The van der Waals surface area contributed by atoms with Crippen LogP contribution in [-0.4, -0.2) is 52.1 Å². The first-order chi connectivity index (χ1) is 11.1. The molecular formula is C17H23N5S. The highest BCUT2D eigenvalue weighted by atomic mass is 32.1. The second-order valence-electron chi connectivity index (χ2n) is 6.22. The van der Waals surface area contributed by atoms with Crippen LogP contribution in [0.5, 0.6) is 0 Å². The van der Waals surface area contributed by atoms with Crippen LogP contribution in [0.3, 0.4) is 0 Å². The maximum atomic E-state index is 5.61. The third-order valence-corrected chi connectivity index (χ3v) is 4.51. The maximum Gasteiger partial charge on any atom is 0.170 e. The Hall–Kier alpha value is -1.92. The Balaban J connectivity index is 1.94. The van der Waals surface area contributed by atoms with E-state index >= 15 is 0 Å². The first-order valence-electron chi connectivity index (χ1n) is 7.84. The summed E-state index contributed by atoms with van der Waals surface area (Å²) >= 11 is 5.61. The van der Waals surface area contributed by atoms with Gasteiger partial charge in [-0.1, -0.05) is 6.07 Å². The molecule has 122 valence electrons. The van der Waals surface area contributed by atoms with Gasteiger partial charge >= 0.3 is 0 Å². The highest BCUT2D eigenvalue weighted by Crippen LogP contribution is 2.37. The van der Waals surface area contributed by atoms with Crippen molar-refractivity contribution < 1.29 is 0 Å². The summed E-state index contributed by atoms with van der Waals surface area (Å²) in [6.07, 6.45) is 1.83. The Bertz CT molecular complexity index is 667. The molecule has 23 heavy (non-hydrogen) atoms. The van der Waals surface area contributed by atoms with Crippen LogP contribution in [0.1, 0.15) is 29.2 Å². The van der Waals surface area contributed by atoms with Crippen molar-refractivity contribution in [1.82, 2.24) is 25.1 Å². The van der Waals surface area contributed by atoms with Gasteiger partial charge in [0.2, 0.25) is 0 Å². The molecule has 0 aliphatic carbocycles. The molecule has 5 nitrogen and oxygen atoms in total. The van der Waals surface area contributed by atoms with Crippen molar-refractivity contribution >= 4 is 17.3 Å². The van der Waals surface area contributed by atoms with Crippen molar-refractivity contribution in [2.24, 2.45) is 0 Å². The lowest BCUT2D eigenvalue weighted by molar-refractivity contribution is 0.274. The van der Waals surface area contributed by atoms with Crippen LogP contribution in [0.2, 0.25) is 0 Å². The first-order valence-corrected chi connectivity index (χ1v) is 8.25. The van der Waals surface area contributed by atoms with Crippen LogP contribution >= 0.6 is 12.2 Å². The predicted molar refractivity (Wildman–Crippen MR) is 96.2 cm³/mol. The number of likely N-dealkylation sites (N-methyl/N-ethyl adjacent to an activating group) is 1. The van der Waals surface area contributed by atoms with Gasteiger partial charge in [0.15, 0.2) is 5.11 Å². The number of pyridine rings is 1. The van der Waals surface area contributed by atoms with E-state index in [9.17, 15) is 0 Å². The van der Waals surface area contributed by atoms with Crippen molar-refractivity contribution in [2.45, 2.75) is 19.0 Å². The largest absolute Gasteiger partial charge is 0.361 e. The number of thiocarbonyl (C=S) groups is 1. The van der Waals surface area contributed by atoms with Gasteiger partial charge < -0.3 is 20.1 Å². The van der Waals surface area contributed by atoms with Crippen molar-refractivity contribution in [1.29, 1.82) is 0 Å². The molecule has 6 heteroatoms. The smallest absolute Gasteiger partial charge is 0.170 e. The number of H-pyrrole nitrogens is 1. The van der Waals surface area contributed by atoms with Gasteiger partial charge in [-0.15, -0.1) is 0 Å². The van der Waals surface area contributed by atoms with Gasteiger partial charge in [-0.05, 0) is 57.5 Å². The molecule has 1 saturated heterocycles. The van der Waals surface area contributed by atoms with Gasteiger partial charge in [-0.25, -0.2) is 0 Å². The standard InChI is InChI=1S/C17H23N5S/c1-12-7-8-14(19-12)16-15(13-6-4-5-9-18-13)20-17(23)22(16)11-10-21(2)3/h4-9,15-16,19H,10-11H2,1-3H3,(H,20,23)/t15-,16+/m1/s1. The molecule has 0 spiro atoms. The number of nitrogens with zero attached hydrogens (tertiary/aromatic N) is 3. The lowest BCUT2D eigenvalue weighted by atomic mass is 10.0. The molecule has 0 unspecified atom stereocenters. The second kappa shape index (κ2) is 6.68. The van der Waals surface area contributed by atoms with Crippen LogP contribution in [0.25, 0.3) is 0 Å². The average molecular weight is 329 g/mol. The third-order valence-electron chi connectivity index (χ3n) is 4.16. The molecule has 1 aliphatic heterocycles. The summed E-state index contributed by atoms with van der Waals surface area (Å²) < 4.78 is 0. The van der Waals surface area contributed by atoms with E-state index in [2.05, 4.69) is 64.3 Å². The summed E-state index contributed by atoms with van der Waals surface area (Å²) in [7, 11) is 4.16. The Morgan fingerprint density at radius 3 is 2.70 bits per heavy atom. The molecule has 2 aromatic rings. The van der Waals surface area contributed by atoms with E-state index < -0.39 is 0 Å². The van der Waals surface area contributed by atoms with Crippen LogP contribution in [-0.2, 0) is 0 Å². The first kappa shape index (κ1) is 16.0. The normalized spacial score (nSPS) is 21.0. The molecule has 0 amide bonds. The van der Waals surface area contributed by atoms with E-state index in [1.54, 1.807) is 0 Å². The lowest BCUT2D eigenvalue weighted by Crippen LogP contribution is -2.35. The molecule has 3 heterocycles. The summed E-state index contributed by atoms with van der Waals surface area (Å²) in [4.78, 5) is 12.4. The summed E-state index contributed by atoms with van der Waals surface area (Å²) in [5, 5.41) is 4.25. The highest BCUT2D eigenvalue weighted by Gasteiger charge is 2.40. The topological polar surface area (TPSA) is 47.2 Å². The summed E-state index contributed by atoms with van der Waals surface area (Å²) in [6.45, 7) is 3.90. The highest BCUT2D eigenvalue weighted by molar-refractivity contribution is 7.80. The molecular weight excluding hydrogens is 306 g/mol.